The van der Waals surface area contributed by atoms with E-state index in [1.54, 1.807) is 0 Å². The molecule has 1 aromatic heterocycles. The van der Waals surface area contributed by atoms with Gasteiger partial charge in [-0.2, -0.15) is 4.99 Å². The Bertz CT molecular complexity index is 1260. The number of carbonyl (C=O) groups excluding carboxylic acids is 1. The number of sulfonamides is 1. The van der Waals surface area contributed by atoms with Gasteiger partial charge < -0.3 is 4.57 Å². The fourth-order valence-corrected chi connectivity index (χ4v) is 4.77. The highest BCUT2D eigenvalue weighted by atomic mass is 32.2. The van der Waals surface area contributed by atoms with Crippen molar-refractivity contribution in [2.45, 2.75) is 18.4 Å². The van der Waals surface area contributed by atoms with Crippen molar-refractivity contribution in [2.75, 3.05) is 14.1 Å². The summed E-state index contributed by atoms with van der Waals surface area (Å²) in [5.74, 6) is 2.15. The normalized spacial score (nSPS) is 12.5. The van der Waals surface area contributed by atoms with Crippen LogP contribution in [0.5, 0.6) is 0 Å². The van der Waals surface area contributed by atoms with Crippen LogP contribution in [-0.4, -0.2) is 37.3 Å². The molecule has 0 fully saturated rings. The molecule has 0 bridgehead atoms. The number of thiazole rings is 1. The smallest absolute Gasteiger partial charge is 0.279 e. The average molecular weight is 414 g/mol. The predicted octanol–water partition coefficient (Wildman–Crippen LogP) is 2.64. The van der Waals surface area contributed by atoms with Crippen LogP contribution in [0.25, 0.3) is 10.2 Å². The average Bonchev–Trinajstić information content (AvgIpc) is 3.00. The Morgan fingerprint density at radius 3 is 2.50 bits per heavy atom. The molecule has 0 unspecified atom stereocenters. The Kier molecular flexibility index (Phi) is 5.52. The van der Waals surface area contributed by atoms with Crippen LogP contribution in [0.15, 0.2) is 52.4 Å². The van der Waals surface area contributed by atoms with E-state index in [4.69, 9.17) is 6.42 Å². The van der Waals surface area contributed by atoms with Gasteiger partial charge in [0.2, 0.25) is 10.0 Å². The number of aromatic nitrogens is 1. The number of benzene rings is 2. The zero-order valence-electron chi connectivity index (χ0n) is 15.7. The number of hydrogen-bond donors (Lipinski definition) is 0. The van der Waals surface area contributed by atoms with Gasteiger partial charge in [-0.25, -0.2) is 12.7 Å². The van der Waals surface area contributed by atoms with Crippen LogP contribution in [0.1, 0.15) is 15.9 Å². The lowest BCUT2D eigenvalue weighted by atomic mass is 10.2. The standard InChI is InChI=1S/C20H19N3O3S2/c1-5-13-23-18-14(2)7-6-8-17(18)27-20(23)21-19(24)15-9-11-16(12-10-15)28(25,26)22(3)4/h1,6-12H,13H2,2-4H3. The number of fused-ring (bicyclic) bond motifs is 1. The van der Waals surface area contributed by atoms with Crippen molar-refractivity contribution in [3.63, 3.8) is 0 Å². The molecule has 0 aliphatic heterocycles. The third kappa shape index (κ3) is 3.64. The second-order valence-electron chi connectivity index (χ2n) is 6.33. The maximum atomic E-state index is 12.6. The molecule has 0 atom stereocenters. The second-order valence-corrected chi connectivity index (χ2v) is 9.49. The first kappa shape index (κ1) is 20.0. The number of terminal acetylenes is 1. The van der Waals surface area contributed by atoms with Crippen molar-refractivity contribution in [1.29, 1.82) is 0 Å². The summed E-state index contributed by atoms with van der Waals surface area (Å²) in [5.41, 5.74) is 2.32. The summed E-state index contributed by atoms with van der Waals surface area (Å²) in [6, 6.07) is 11.6. The number of nitrogens with zero attached hydrogens (tertiary/aromatic N) is 3. The lowest BCUT2D eigenvalue weighted by Crippen LogP contribution is -2.22. The Morgan fingerprint density at radius 1 is 1.21 bits per heavy atom. The van der Waals surface area contributed by atoms with Gasteiger partial charge in [0, 0.05) is 19.7 Å². The highest BCUT2D eigenvalue weighted by Crippen LogP contribution is 2.21. The van der Waals surface area contributed by atoms with Crippen LogP contribution in [0.3, 0.4) is 0 Å². The molecular formula is C20H19N3O3S2. The summed E-state index contributed by atoms with van der Waals surface area (Å²) in [4.78, 5) is 17.5. The fourth-order valence-electron chi connectivity index (χ4n) is 2.76. The highest BCUT2D eigenvalue weighted by molar-refractivity contribution is 7.89. The molecule has 3 rings (SSSR count). The number of carbonyl (C=O) groups is 1. The van der Waals surface area contributed by atoms with E-state index in [1.165, 1.54) is 49.7 Å². The second kappa shape index (κ2) is 7.72. The topological polar surface area (TPSA) is 71.7 Å². The van der Waals surface area contributed by atoms with Crippen LogP contribution >= 0.6 is 11.3 Å². The van der Waals surface area contributed by atoms with E-state index < -0.39 is 15.9 Å². The highest BCUT2D eigenvalue weighted by Gasteiger charge is 2.17. The molecule has 8 heteroatoms. The van der Waals surface area contributed by atoms with Gasteiger partial charge in [0.1, 0.15) is 0 Å². The molecule has 3 aromatic rings. The summed E-state index contributed by atoms with van der Waals surface area (Å²) in [5, 5.41) is 0. The first-order valence-electron chi connectivity index (χ1n) is 8.40. The third-order valence-corrected chi connectivity index (χ3v) is 7.10. The summed E-state index contributed by atoms with van der Waals surface area (Å²) in [6.07, 6.45) is 5.50. The molecule has 1 heterocycles. The van der Waals surface area contributed by atoms with E-state index in [9.17, 15) is 13.2 Å². The van der Waals surface area contributed by atoms with E-state index in [0.29, 0.717) is 16.9 Å². The van der Waals surface area contributed by atoms with E-state index in [-0.39, 0.29) is 4.90 Å². The number of rotatable bonds is 4. The molecule has 0 saturated heterocycles. The molecule has 2 aromatic carbocycles. The van der Waals surface area contributed by atoms with Gasteiger partial charge in [0.15, 0.2) is 4.80 Å². The van der Waals surface area contributed by atoms with E-state index in [1.807, 2.05) is 29.7 Å². The zero-order chi connectivity index (χ0) is 20.5. The van der Waals surface area contributed by atoms with E-state index in [0.717, 1.165) is 20.1 Å². The van der Waals surface area contributed by atoms with Crippen molar-refractivity contribution in [1.82, 2.24) is 8.87 Å². The maximum absolute atomic E-state index is 12.6. The zero-order valence-corrected chi connectivity index (χ0v) is 17.3. The molecule has 0 spiro atoms. The van der Waals surface area contributed by atoms with Gasteiger partial charge in [0.05, 0.1) is 21.7 Å². The van der Waals surface area contributed by atoms with E-state index >= 15 is 0 Å². The monoisotopic (exact) mass is 413 g/mol. The van der Waals surface area contributed by atoms with Crippen molar-refractivity contribution in [3.05, 3.63) is 58.4 Å². The SMILES string of the molecule is C#CCn1c(=NC(=O)c2ccc(S(=O)(=O)N(C)C)cc2)sc2cccc(C)c21. The van der Waals surface area contributed by atoms with Crippen LogP contribution in [-0.2, 0) is 16.6 Å². The summed E-state index contributed by atoms with van der Waals surface area (Å²) in [6.45, 7) is 2.29. The van der Waals surface area contributed by atoms with Gasteiger partial charge in [-0.3, -0.25) is 4.79 Å². The van der Waals surface area contributed by atoms with Gasteiger partial charge in [-0.05, 0) is 42.8 Å². The lowest BCUT2D eigenvalue weighted by molar-refractivity contribution is 0.0998. The van der Waals surface area contributed by atoms with Gasteiger partial charge in [-0.15, -0.1) is 6.42 Å². The molecule has 0 aliphatic rings. The summed E-state index contributed by atoms with van der Waals surface area (Å²) >= 11 is 1.39. The van der Waals surface area contributed by atoms with Crippen LogP contribution in [0.2, 0.25) is 0 Å². The first-order valence-corrected chi connectivity index (χ1v) is 10.7. The van der Waals surface area contributed by atoms with Crippen LogP contribution in [0, 0.1) is 19.3 Å². The number of para-hydroxylation sites is 1. The number of amides is 1. The minimum absolute atomic E-state index is 0.119. The van der Waals surface area contributed by atoms with Gasteiger partial charge in [-0.1, -0.05) is 29.4 Å². The van der Waals surface area contributed by atoms with Gasteiger partial charge >= 0.3 is 0 Å². The van der Waals surface area contributed by atoms with Gasteiger partial charge in [0.25, 0.3) is 5.91 Å². The van der Waals surface area contributed by atoms with E-state index in [2.05, 4.69) is 10.9 Å². The minimum atomic E-state index is -3.55. The molecule has 0 aliphatic carbocycles. The van der Waals surface area contributed by atoms with Crippen LogP contribution < -0.4 is 4.80 Å². The molecule has 1 amide bonds. The largest absolute Gasteiger partial charge is 0.304 e. The Morgan fingerprint density at radius 2 is 1.89 bits per heavy atom. The predicted molar refractivity (Wildman–Crippen MR) is 111 cm³/mol. The Labute approximate surface area is 167 Å². The summed E-state index contributed by atoms with van der Waals surface area (Å²) < 4.78 is 28.3. The molecule has 0 N–H and O–H groups in total. The minimum Gasteiger partial charge on any atom is -0.304 e. The lowest BCUT2D eigenvalue weighted by Gasteiger charge is -2.11. The van der Waals surface area contributed by atoms with Crippen molar-refractivity contribution in [2.24, 2.45) is 4.99 Å². The summed E-state index contributed by atoms with van der Waals surface area (Å²) in [7, 11) is -0.636. The number of hydrogen-bond acceptors (Lipinski definition) is 4. The Hall–Kier alpha value is -2.73. The first-order chi connectivity index (χ1) is 13.3. The quantitative estimate of drug-likeness (QED) is 0.618. The van der Waals surface area contributed by atoms with Crippen LogP contribution in [0.4, 0.5) is 0 Å². The van der Waals surface area contributed by atoms with Crippen molar-refractivity contribution < 1.29 is 13.2 Å². The molecule has 6 nitrogen and oxygen atoms in total. The number of aryl methyl sites for hydroxylation is 1. The molecule has 28 heavy (non-hydrogen) atoms. The Balaban J connectivity index is 2.05. The fraction of sp³-hybridized carbons (Fsp3) is 0.200. The maximum Gasteiger partial charge on any atom is 0.279 e. The van der Waals surface area contributed by atoms with Crippen molar-refractivity contribution >= 4 is 37.5 Å². The third-order valence-electron chi connectivity index (χ3n) is 4.23. The molecule has 144 valence electrons. The van der Waals surface area contributed by atoms with Crippen molar-refractivity contribution in [3.8, 4) is 12.3 Å². The molecule has 0 radical (unpaired) electrons. The molecular weight excluding hydrogens is 394 g/mol. The molecule has 0 saturated carbocycles.